The molecule has 1 heterocycles. The Labute approximate surface area is 118 Å². The zero-order valence-electron chi connectivity index (χ0n) is 10.4. The molecule has 1 N–H and O–H groups in total. The van der Waals surface area contributed by atoms with Gasteiger partial charge in [-0.1, -0.05) is 11.8 Å². The summed E-state index contributed by atoms with van der Waals surface area (Å²) in [6.07, 6.45) is -3.21. The standard InChI is InChI=1S/C13H12F3NO2S/c14-13(15,16)8-17(10-3-4-10)12(19)11-9(2-1-6-18)5-7-20-11/h5,7,10,18H,3-4,6,8H2. The van der Waals surface area contributed by atoms with Gasteiger partial charge in [-0.15, -0.1) is 11.3 Å². The third-order valence-corrected chi connectivity index (χ3v) is 3.66. The maximum absolute atomic E-state index is 12.5. The number of aliphatic hydroxyl groups is 1. The van der Waals surface area contributed by atoms with Crippen LogP contribution < -0.4 is 0 Å². The van der Waals surface area contributed by atoms with Crippen molar-refractivity contribution in [1.29, 1.82) is 0 Å². The lowest BCUT2D eigenvalue weighted by atomic mass is 10.2. The van der Waals surface area contributed by atoms with Crippen molar-refractivity contribution in [1.82, 2.24) is 4.90 Å². The normalized spacial score (nSPS) is 14.6. The number of aliphatic hydroxyl groups excluding tert-OH is 1. The van der Waals surface area contributed by atoms with Crippen molar-refractivity contribution in [3.8, 4) is 11.8 Å². The minimum absolute atomic E-state index is 0.196. The van der Waals surface area contributed by atoms with Gasteiger partial charge >= 0.3 is 6.18 Å². The fourth-order valence-corrected chi connectivity index (χ4v) is 2.59. The first-order valence-corrected chi connectivity index (χ1v) is 6.85. The molecule has 0 spiro atoms. The molecule has 0 aliphatic heterocycles. The minimum Gasteiger partial charge on any atom is -0.384 e. The number of carbonyl (C=O) groups is 1. The van der Waals surface area contributed by atoms with Gasteiger partial charge in [-0.2, -0.15) is 13.2 Å². The number of amides is 1. The Balaban J connectivity index is 2.22. The molecule has 0 bridgehead atoms. The van der Waals surface area contributed by atoms with Gasteiger partial charge in [0, 0.05) is 11.6 Å². The van der Waals surface area contributed by atoms with Crippen LogP contribution in [0.25, 0.3) is 0 Å². The van der Waals surface area contributed by atoms with Gasteiger partial charge in [0.15, 0.2) is 0 Å². The first-order chi connectivity index (χ1) is 9.42. The third-order valence-electron chi connectivity index (χ3n) is 2.76. The van der Waals surface area contributed by atoms with Crippen molar-refractivity contribution in [3.63, 3.8) is 0 Å². The van der Waals surface area contributed by atoms with E-state index in [2.05, 4.69) is 11.8 Å². The van der Waals surface area contributed by atoms with Crippen molar-refractivity contribution >= 4 is 17.2 Å². The second-order valence-electron chi connectivity index (χ2n) is 4.40. The van der Waals surface area contributed by atoms with Crippen molar-refractivity contribution in [2.45, 2.75) is 25.1 Å². The molecule has 1 aromatic rings. The lowest BCUT2D eigenvalue weighted by Crippen LogP contribution is -2.40. The number of rotatable bonds is 3. The fraction of sp³-hybridized carbons (Fsp3) is 0.462. The molecule has 0 aromatic carbocycles. The van der Waals surface area contributed by atoms with Crippen molar-refractivity contribution in [2.75, 3.05) is 13.2 Å². The molecule has 0 radical (unpaired) electrons. The van der Waals surface area contributed by atoms with Gasteiger partial charge < -0.3 is 10.0 Å². The van der Waals surface area contributed by atoms with Gasteiger partial charge in [0.25, 0.3) is 5.91 Å². The lowest BCUT2D eigenvalue weighted by Gasteiger charge is -2.23. The highest BCUT2D eigenvalue weighted by atomic mass is 32.1. The van der Waals surface area contributed by atoms with Crippen molar-refractivity contribution < 1.29 is 23.1 Å². The molecule has 7 heteroatoms. The molecule has 1 aliphatic rings. The van der Waals surface area contributed by atoms with E-state index >= 15 is 0 Å². The second kappa shape index (κ2) is 5.85. The summed E-state index contributed by atoms with van der Waals surface area (Å²) in [5, 5.41) is 10.2. The van der Waals surface area contributed by atoms with Crippen LogP contribution in [0.4, 0.5) is 13.2 Å². The summed E-state index contributed by atoms with van der Waals surface area (Å²) in [4.78, 5) is 13.3. The Morgan fingerprint density at radius 2 is 2.20 bits per heavy atom. The van der Waals surface area contributed by atoms with Crippen molar-refractivity contribution in [3.05, 3.63) is 21.9 Å². The summed E-state index contributed by atoms with van der Waals surface area (Å²) in [7, 11) is 0. The highest BCUT2D eigenvalue weighted by molar-refractivity contribution is 7.12. The van der Waals surface area contributed by atoms with E-state index in [4.69, 9.17) is 5.11 Å². The van der Waals surface area contributed by atoms with Gasteiger partial charge in [-0.05, 0) is 24.3 Å². The number of halogens is 3. The molecule has 1 fully saturated rings. The van der Waals surface area contributed by atoms with Crippen LogP contribution in [-0.2, 0) is 0 Å². The number of hydrogen-bond acceptors (Lipinski definition) is 3. The zero-order valence-corrected chi connectivity index (χ0v) is 11.2. The topological polar surface area (TPSA) is 40.5 Å². The van der Waals surface area contributed by atoms with Crippen LogP contribution in [0.1, 0.15) is 28.1 Å². The molecular formula is C13H12F3NO2S. The molecule has 2 rings (SSSR count). The van der Waals surface area contributed by atoms with Crippen LogP contribution in [-0.4, -0.2) is 41.3 Å². The Kier molecular flexibility index (Phi) is 4.35. The second-order valence-corrected chi connectivity index (χ2v) is 5.32. The molecular weight excluding hydrogens is 291 g/mol. The molecule has 1 aliphatic carbocycles. The van der Waals surface area contributed by atoms with Crippen LogP contribution in [0.15, 0.2) is 11.4 Å². The van der Waals surface area contributed by atoms with E-state index in [9.17, 15) is 18.0 Å². The minimum atomic E-state index is -4.41. The highest BCUT2D eigenvalue weighted by Crippen LogP contribution is 2.32. The van der Waals surface area contributed by atoms with Crippen LogP contribution in [0.3, 0.4) is 0 Å². The number of alkyl halides is 3. The quantitative estimate of drug-likeness (QED) is 0.870. The fourth-order valence-electron chi connectivity index (χ4n) is 1.78. The Bertz CT molecular complexity index is 552. The van der Waals surface area contributed by atoms with E-state index < -0.39 is 18.6 Å². The molecule has 1 saturated carbocycles. The Morgan fingerprint density at radius 3 is 2.75 bits per heavy atom. The monoisotopic (exact) mass is 303 g/mol. The van der Waals surface area contributed by atoms with Gasteiger partial charge in [-0.25, -0.2) is 0 Å². The van der Waals surface area contributed by atoms with Crippen LogP contribution in [0, 0.1) is 11.8 Å². The maximum Gasteiger partial charge on any atom is 0.406 e. The van der Waals surface area contributed by atoms with Gasteiger partial charge in [0.2, 0.25) is 0 Å². The number of carbonyl (C=O) groups excluding carboxylic acids is 1. The average molecular weight is 303 g/mol. The smallest absolute Gasteiger partial charge is 0.384 e. The first kappa shape index (κ1) is 14.9. The molecule has 1 aromatic heterocycles. The average Bonchev–Trinajstić information content (AvgIpc) is 3.10. The molecule has 0 atom stereocenters. The van der Waals surface area contributed by atoms with E-state index in [1.165, 1.54) is 0 Å². The Hall–Kier alpha value is -1.52. The SMILES string of the molecule is O=C(c1sccc1C#CCO)N(CC(F)(F)F)C1CC1. The van der Waals surface area contributed by atoms with E-state index in [1.807, 2.05) is 0 Å². The van der Waals surface area contributed by atoms with Crippen LogP contribution >= 0.6 is 11.3 Å². The predicted molar refractivity (Wildman–Crippen MR) is 68.4 cm³/mol. The van der Waals surface area contributed by atoms with Gasteiger partial charge in [0.05, 0.1) is 0 Å². The lowest BCUT2D eigenvalue weighted by molar-refractivity contribution is -0.141. The largest absolute Gasteiger partial charge is 0.406 e. The van der Waals surface area contributed by atoms with E-state index in [0.29, 0.717) is 18.4 Å². The number of hydrogen-bond donors (Lipinski definition) is 1. The summed E-state index contributed by atoms with van der Waals surface area (Å²) >= 11 is 1.06. The van der Waals surface area contributed by atoms with E-state index in [0.717, 1.165) is 16.2 Å². The summed E-state index contributed by atoms with van der Waals surface area (Å²) in [6, 6.07) is 1.24. The van der Waals surface area contributed by atoms with E-state index in [-0.39, 0.29) is 17.5 Å². The molecule has 3 nitrogen and oxygen atoms in total. The van der Waals surface area contributed by atoms with Crippen LogP contribution in [0.5, 0.6) is 0 Å². The molecule has 0 unspecified atom stereocenters. The first-order valence-electron chi connectivity index (χ1n) is 5.97. The summed E-state index contributed by atoms with van der Waals surface area (Å²) in [5.74, 6) is 4.34. The summed E-state index contributed by atoms with van der Waals surface area (Å²) in [6.45, 7) is -1.60. The van der Waals surface area contributed by atoms with Gasteiger partial charge in [-0.3, -0.25) is 4.79 Å². The number of thiophene rings is 1. The molecule has 108 valence electrons. The molecule has 0 saturated heterocycles. The zero-order chi connectivity index (χ0) is 14.8. The van der Waals surface area contributed by atoms with Crippen molar-refractivity contribution in [2.24, 2.45) is 0 Å². The van der Waals surface area contributed by atoms with Gasteiger partial charge in [0.1, 0.15) is 18.0 Å². The molecule has 1 amide bonds. The summed E-state index contributed by atoms with van der Waals surface area (Å²) in [5.41, 5.74) is 0.363. The maximum atomic E-state index is 12.5. The van der Waals surface area contributed by atoms with Crippen LogP contribution in [0.2, 0.25) is 0 Å². The Morgan fingerprint density at radius 1 is 1.50 bits per heavy atom. The predicted octanol–water partition coefficient (Wildman–Crippen LogP) is 2.26. The number of nitrogens with zero attached hydrogens (tertiary/aromatic N) is 1. The third kappa shape index (κ3) is 3.74. The molecule has 20 heavy (non-hydrogen) atoms. The highest BCUT2D eigenvalue weighted by Gasteiger charge is 2.41. The summed E-state index contributed by atoms with van der Waals surface area (Å²) < 4.78 is 37.6. The van der Waals surface area contributed by atoms with E-state index in [1.54, 1.807) is 11.4 Å².